The molecule has 18 heavy (non-hydrogen) atoms. The van der Waals surface area contributed by atoms with Gasteiger partial charge in [0.1, 0.15) is 6.10 Å². The SMILES string of the molecule is COC(=O)[C@@H]1N=C(c2ccccc2)O[C@@H]1C(C)C. The van der Waals surface area contributed by atoms with E-state index in [1.165, 1.54) is 7.11 Å². The maximum atomic E-state index is 11.7. The summed E-state index contributed by atoms with van der Waals surface area (Å²) in [6.45, 7) is 4.01. The first kappa shape index (κ1) is 12.6. The summed E-state index contributed by atoms with van der Waals surface area (Å²) < 4.78 is 10.6. The van der Waals surface area contributed by atoms with Crippen molar-refractivity contribution in [3.05, 3.63) is 35.9 Å². The van der Waals surface area contributed by atoms with Crippen molar-refractivity contribution < 1.29 is 14.3 Å². The van der Waals surface area contributed by atoms with Gasteiger partial charge in [0.25, 0.3) is 0 Å². The minimum atomic E-state index is -0.565. The van der Waals surface area contributed by atoms with E-state index in [4.69, 9.17) is 9.47 Å². The Hall–Kier alpha value is -1.84. The lowest BCUT2D eigenvalue weighted by atomic mass is 10.0. The van der Waals surface area contributed by atoms with Crippen LogP contribution in [0.1, 0.15) is 19.4 Å². The summed E-state index contributed by atoms with van der Waals surface area (Å²) in [6, 6.07) is 9.02. The average molecular weight is 247 g/mol. The Balaban J connectivity index is 2.27. The highest BCUT2D eigenvalue weighted by molar-refractivity contribution is 5.98. The van der Waals surface area contributed by atoms with Crippen LogP contribution in [0.5, 0.6) is 0 Å². The van der Waals surface area contributed by atoms with E-state index in [1.807, 2.05) is 44.2 Å². The molecule has 96 valence electrons. The number of benzene rings is 1. The zero-order valence-electron chi connectivity index (χ0n) is 10.8. The van der Waals surface area contributed by atoms with Gasteiger partial charge in [0.2, 0.25) is 5.90 Å². The number of rotatable bonds is 3. The first-order valence-corrected chi connectivity index (χ1v) is 6.01. The van der Waals surface area contributed by atoms with Crippen LogP contribution in [-0.4, -0.2) is 31.1 Å². The van der Waals surface area contributed by atoms with Crippen LogP contribution in [0.4, 0.5) is 0 Å². The Kier molecular flexibility index (Phi) is 3.65. The van der Waals surface area contributed by atoms with E-state index in [0.29, 0.717) is 5.90 Å². The van der Waals surface area contributed by atoms with Crippen molar-refractivity contribution in [1.82, 2.24) is 0 Å². The van der Waals surface area contributed by atoms with E-state index in [0.717, 1.165) is 5.56 Å². The third-order valence-electron chi connectivity index (χ3n) is 2.94. The molecule has 0 aliphatic carbocycles. The van der Waals surface area contributed by atoms with E-state index in [1.54, 1.807) is 0 Å². The molecule has 0 N–H and O–H groups in total. The smallest absolute Gasteiger partial charge is 0.334 e. The van der Waals surface area contributed by atoms with Crippen molar-refractivity contribution >= 4 is 11.9 Å². The lowest BCUT2D eigenvalue weighted by Gasteiger charge is -2.19. The van der Waals surface area contributed by atoms with Gasteiger partial charge in [-0.3, -0.25) is 0 Å². The Morgan fingerprint density at radius 2 is 2.00 bits per heavy atom. The first-order valence-electron chi connectivity index (χ1n) is 6.01. The number of hydrogen-bond donors (Lipinski definition) is 0. The Labute approximate surface area is 107 Å². The third kappa shape index (κ3) is 2.37. The molecular formula is C14H17NO3. The average Bonchev–Trinajstić information content (AvgIpc) is 2.84. The van der Waals surface area contributed by atoms with Crippen LogP contribution in [0.15, 0.2) is 35.3 Å². The van der Waals surface area contributed by atoms with Crippen molar-refractivity contribution in [1.29, 1.82) is 0 Å². The molecule has 0 spiro atoms. The van der Waals surface area contributed by atoms with Crippen LogP contribution in [0.2, 0.25) is 0 Å². The molecule has 0 unspecified atom stereocenters. The van der Waals surface area contributed by atoms with Crippen LogP contribution >= 0.6 is 0 Å². The predicted octanol–water partition coefficient (Wildman–Crippen LogP) is 2.03. The van der Waals surface area contributed by atoms with Gasteiger partial charge in [0.15, 0.2) is 6.04 Å². The fraction of sp³-hybridized carbons (Fsp3) is 0.429. The molecule has 0 saturated heterocycles. The van der Waals surface area contributed by atoms with Crippen molar-refractivity contribution in [3.63, 3.8) is 0 Å². The Morgan fingerprint density at radius 1 is 1.33 bits per heavy atom. The molecule has 1 aliphatic heterocycles. The highest BCUT2D eigenvalue weighted by Crippen LogP contribution is 2.24. The van der Waals surface area contributed by atoms with Gasteiger partial charge >= 0.3 is 5.97 Å². The number of methoxy groups -OCH3 is 1. The van der Waals surface area contributed by atoms with Crippen molar-refractivity contribution in [3.8, 4) is 0 Å². The summed E-state index contributed by atoms with van der Waals surface area (Å²) in [7, 11) is 1.37. The zero-order valence-corrected chi connectivity index (χ0v) is 10.8. The van der Waals surface area contributed by atoms with E-state index in [-0.39, 0.29) is 18.0 Å². The molecule has 0 bridgehead atoms. The van der Waals surface area contributed by atoms with Crippen molar-refractivity contribution in [2.24, 2.45) is 10.9 Å². The fourth-order valence-corrected chi connectivity index (χ4v) is 1.96. The largest absolute Gasteiger partial charge is 0.471 e. The monoisotopic (exact) mass is 247 g/mol. The highest BCUT2D eigenvalue weighted by atomic mass is 16.5. The number of hydrogen-bond acceptors (Lipinski definition) is 4. The zero-order chi connectivity index (χ0) is 13.1. The standard InChI is InChI=1S/C14H17NO3/c1-9(2)12-11(14(16)17-3)15-13(18-12)10-7-5-4-6-8-10/h4-9,11-12H,1-3H3/t11-,12-/m1/s1. The first-order chi connectivity index (χ1) is 8.63. The molecule has 0 amide bonds. The van der Waals surface area contributed by atoms with Crippen molar-refractivity contribution in [2.75, 3.05) is 7.11 Å². The van der Waals surface area contributed by atoms with E-state index in [9.17, 15) is 4.79 Å². The Morgan fingerprint density at radius 3 is 2.56 bits per heavy atom. The minimum absolute atomic E-state index is 0.194. The summed E-state index contributed by atoms with van der Waals surface area (Å²) >= 11 is 0. The number of nitrogens with zero attached hydrogens (tertiary/aromatic N) is 1. The molecule has 1 aromatic carbocycles. The molecule has 2 rings (SSSR count). The second-order valence-electron chi connectivity index (χ2n) is 4.59. The summed E-state index contributed by atoms with van der Waals surface area (Å²) in [5.74, 6) is 0.364. The van der Waals surface area contributed by atoms with Gasteiger partial charge in [-0.25, -0.2) is 9.79 Å². The predicted molar refractivity (Wildman–Crippen MR) is 68.5 cm³/mol. The van der Waals surface area contributed by atoms with Crippen LogP contribution in [0, 0.1) is 5.92 Å². The van der Waals surface area contributed by atoms with Gasteiger partial charge in [-0.15, -0.1) is 0 Å². The third-order valence-corrected chi connectivity index (χ3v) is 2.94. The molecule has 1 aliphatic rings. The maximum absolute atomic E-state index is 11.7. The topological polar surface area (TPSA) is 47.9 Å². The van der Waals surface area contributed by atoms with Crippen LogP contribution in [0.25, 0.3) is 0 Å². The van der Waals surface area contributed by atoms with Crippen LogP contribution in [-0.2, 0) is 14.3 Å². The van der Waals surface area contributed by atoms with E-state index >= 15 is 0 Å². The number of aliphatic imine (C=N–C) groups is 1. The number of esters is 1. The van der Waals surface area contributed by atoms with Crippen LogP contribution in [0.3, 0.4) is 0 Å². The molecule has 2 atom stereocenters. The molecule has 1 heterocycles. The minimum Gasteiger partial charge on any atom is -0.471 e. The quantitative estimate of drug-likeness (QED) is 0.768. The van der Waals surface area contributed by atoms with E-state index < -0.39 is 6.04 Å². The normalized spacial score (nSPS) is 22.6. The van der Waals surface area contributed by atoms with Gasteiger partial charge in [-0.1, -0.05) is 32.0 Å². The molecule has 1 aromatic rings. The molecular weight excluding hydrogens is 230 g/mol. The number of carbonyl (C=O) groups excluding carboxylic acids is 1. The van der Waals surface area contributed by atoms with E-state index in [2.05, 4.69) is 4.99 Å². The van der Waals surface area contributed by atoms with Gasteiger partial charge in [-0.05, 0) is 18.1 Å². The molecule has 0 fully saturated rings. The maximum Gasteiger partial charge on any atom is 0.334 e. The summed E-state index contributed by atoms with van der Waals surface area (Å²) in [6.07, 6.45) is -0.257. The number of ether oxygens (including phenoxy) is 2. The second-order valence-corrected chi connectivity index (χ2v) is 4.59. The molecule has 4 nitrogen and oxygen atoms in total. The Bertz CT molecular complexity index is 453. The molecule has 0 radical (unpaired) electrons. The molecule has 4 heteroatoms. The number of carbonyl (C=O) groups is 1. The van der Waals surface area contributed by atoms with Gasteiger partial charge in [0.05, 0.1) is 7.11 Å². The molecule has 0 saturated carbocycles. The molecule has 0 aromatic heterocycles. The summed E-state index contributed by atoms with van der Waals surface area (Å²) in [5, 5.41) is 0. The lowest BCUT2D eigenvalue weighted by Crippen LogP contribution is -2.35. The summed E-state index contributed by atoms with van der Waals surface area (Å²) in [5.41, 5.74) is 0.884. The van der Waals surface area contributed by atoms with Gasteiger partial charge in [0, 0.05) is 5.56 Å². The van der Waals surface area contributed by atoms with Gasteiger partial charge in [-0.2, -0.15) is 0 Å². The highest BCUT2D eigenvalue weighted by Gasteiger charge is 2.39. The van der Waals surface area contributed by atoms with Crippen LogP contribution < -0.4 is 0 Å². The van der Waals surface area contributed by atoms with Crippen molar-refractivity contribution in [2.45, 2.75) is 26.0 Å². The summed E-state index contributed by atoms with van der Waals surface area (Å²) in [4.78, 5) is 16.0. The van der Waals surface area contributed by atoms with Gasteiger partial charge < -0.3 is 9.47 Å². The second kappa shape index (κ2) is 5.21. The lowest BCUT2D eigenvalue weighted by molar-refractivity contribution is -0.144. The fourth-order valence-electron chi connectivity index (χ4n) is 1.96.